The van der Waals surface area contributed by atoms with Crippen molar-refractivity contribution in [2.75, 3.05) is 18.0 Å². The molecule has 6 nitrogen and oxygen atoms in total. The quantitative estimate of drug-likeness (QED) is 0.304. The van der Waals surface area contributed by atoms with Gasteiger partial charge < -0.3 is 10.1 Å². The molecule has 0 radical (unpaired) electrons. The van der Waals surface area contributed by atoms with Crippen LogP contribution in [-0.4, -0.2) is 28.0 Å². The van der Waals surface area contributed by atoms with E-state index in [0.717, 1.165) is 17.7 Å². The number of alkyl halides is 3. The van der Waals surface area contributed by atoms with Crippen LogP contribution in [0.2, 0.25) is 5.02 Å². The Kier molecular flexibility index (Phi) is 9.32. The summed E-state index contributed by atoms with van der Waals surface area (Å²) in [5.74, 6) is 0.123. The molecule has 1 atom stereocenters. The number of nitrogens with one attached hydrogen (secondary N) is 1. The molecule has 0 aliphatic carbocycles. The van der Waals surface area contributed by atoms with Gasteiger partial charge in [-0.2, -0.15) is 13.2 Å². The Bertz CT molecular complexity index is 1350. The number of anilines is 1. The van der Waals surface area contributed by atoms with Crippen LogP contribution >= 0.6 is 11.6 Å². The first-order valence-electron chi connectivity index (χ1n) is 11.7. The molecule has 0 fully saturated rings. The number of halogens is 4. The van der Waals surface area contributed by atoms with E-state index in [-0.39, 0.29) is 16.5 Å². The third kappa shape index (κ3) is 7.20. The van der Waals surface area contributed by atoms with Crippen LogP contribution in [0.3, 0.4) is 0 Å². The van der Waals surface area contributed by atoms with Gasteiger partial charge in [0.2, 0.25) is 5.91 Å². The lowest BCUT2D eigenvalue weighted by Gasteiger charge is -2.27. The molecule has 3 rings (SSSR count). The number of hydrogen-bond donors (Lipinski definition) is 1. The first-order valence-corrected chi connectivity index (χ1v) is 13.5. The van der Waals surface area contributed by atoms with Crippen molar-refractivity contribution in [3.8, 4) is 5.75 Å². The number of sulfonamides is 1. The van der Waals surface area contributed by atoms with E-state index in [1.54, 1.807) is 30.3 Å². The van der Waals surface area contributed by atoms with Gasteiger partial charge in [0.1, 0.15) is 12.3 Å². The first kappa shape index (κ1) is 29.3. The van der Waals surface area contributed by atoms with Crippen LogP contribution in [0.4, 0.5) is 18.9 Å². The molecule has 0 aromatic heterocycles. The molecule has 1 N–H and O–H groups in total. The Hall–Kier alpha value is -3.24. The number of benzene rings is 3. The van der Waals surface area contributed by atoms with Gasteiger partial charge >= 0.3 is 6.18 Å². The smallest absolute Gasteiger partial charge is 0.417 e. The predicted octanol–water partition coefficient (Wildman–Crippen LogP) is 6.47. The zero-order valence-corrected chi connectivity index (χ0v) is 22.6. The van der Waals surface area contributed by atoms with Crippen LogP contribution in [0, 0.1) is 5.92 Å². The van der Waals surface area contributed by atoms with Gasteiger partial charge in [0.25, 0.3) is 10.0 Å². The molecule has 0 heterocycles. The lowest BCUT2D eigenvalue weighted by Crippen LogP contribution is -2.42. The van der Waals surface area contributed by atoms with Crippen molar-refractivity contribution in [1.29, 1.82) is 0 Å². The van der Waals surface area contributed by atoms with E-state index in [1.807, 2.05) is 13.8 Å². The summed E-state index contributed by atoms with van der Waals surface area (Å²) in [5, 5.41) is 2.26. The number of amides is 1. The largest absolute Gasteiger partial charge is 0.497 e. The summed E-state index contributed by atoms with van der Waals surface area (Å²) in [5.41, 5.74) is -0.775. The maximum atomic E-state index is 13.6. The second kappa shape index (κ2) is 12.1. The number of ether oxygens (including phenoxy) is 1. The fourth-order valence-electron chi connectivity index (χ4n) is 3.88. The molecule has 0 aliphatic heterocycles. The Morgan fingerprint density at radius 3 is 2.21 bits per heavy atom. The molecule has 0 saturated heterocycles. The van der Waals surface area contributed by atoms with E-state index in [2.05, 4.69) is 5.32 Å². The van der Waals surface area contributed by atoms with Gasteiger partial charge in [-0.15, -0.1) is 0 Å². The second-order valence-corrected chi connectivity index (χ2v) is 11.3. The third-order valence-electron chi connectivity index (χ3n) is 5.72. The SMILES string of the molecule is COc1ccc(C(CC(C)C)NC(=O)CN(c2ccc(Cl)c(C(F)(F)F)c2)S(=O)(=O)c2ccccc2)cc1. The minimum Gasteiger partial charge on any atom is -0.497 e. The summed E-state index contributed by atoms with van der Waals surface area (Å²) in [6.07, 6.45) is -4.28. The summed E-state index contributed by atoms with van der Waals surface area (Å²) in [6, 6.07) is 16.5. The molecule has 204 valence electrons. The lowest BCUT2D eigenvalue weighted by molar-refractivity contribution is -0.137. The number of methoxy groups -OCH3 is 1. The standard InChI is InChI=1S/C27H28ClF3N2O4S/c1-18(2)15-25(19-9-12-21(37-3)13-10-19)32-26(34)17-33(38(35,36)22-7-5-4-6-8-22)20-11-14-24(28)23(16-20)27(29,30)31/h4-14,16,18,25H,15,17H2,1-3H3,(H,32,34). The molecule has 3 aromatic rings. The summed E-state index contributed by atoms with van der Waals surface area (Å²) in [6.45, 7) is 3.20. The van der Waals surface area contributed by atoms with Gasteiger partial charge in [-0.3, -0.25) is 9.10 Å². The Labute approximate surface area is 225 Å². The minimum absolute atomic E-state index is 0.176. The van der Waals surface area contributed by atoms with E-state index >= 15 is 0 Å². The van der Waals surface area contributed by atoms with E-state index in [9.17, 15) is 26.4 Å². The summed E-state index contributed by atoms with van der Waals surface area (Å²) in [4.78, 5) is 13.1. The van der Waals surface area contributed by atoms with Gasteiger partial charge in [-0.05, 0) is 60.4 Å². The van der Waals surface area contributed by atoms with E-state index in [4.69, 9.17) is 16.3 Å². The van der Waals surface area contributed by atoms with Crippen LogP contribution in [0.1, 0.15) is 37.4 Å². The summed E-state index contributed by atoms with van der Waals surface area (Å²) < 4.78 is 73.6. The molecule has 1 unspecified atom stereocenters. The fourth-order valence-corrected chi connectivity index (χ4v) is 5.54. The predicted molar refractivity (Wildman–Crippen MR) is 141 cm³/mol. The average Bonchev–Trinajstić information content (AvgIpc) is 2.87. The highest BCUT2D eigenvalue weighted by Crippen LogP contribution is 2.38. The number of carbonyl (C=O) groups is 1. The molecular formula is C27H28ClF3N2O4S. The number of carbonyl (C=O) groups excluding carboxylic acids is 1. The summed E-state index contributed by atoms with van der Waals surface area (Å²) in [7, 11) is -2.88. The summed E-state index contributed by atoms with van der Waals surface area (Å²) >= 11 is 5.75. The highest BCUT2D eigenvalue weighted by molar-refractivity contribution is 7.92. The molecule has 0 spiro atoms. The molecular weight excluding hydrogens is 541 g/mol. The Balaban J connectivity index is 2.00. The zero-order valence-electron chi connectivity index (χ0n) is 21.0. The zero-order chi connectivity index (χ0) is 28.1. The van der Waals surface area contributed by atoms with E-state index in [1.165, 1.54) is 31.4 Å². The van der Waals surface area contributed by atoms with Crippen LogP contribution < -0.4 is 14.4 Å². The lowest BCUT2D eigenvalue weighted by atomic mass is 9.97. The number of hydrogen-bond acceptors (Lipinski definition) is 4. The van der Waals surface area contributed by atoms with E-state index < -0.39 is 45.3 Å². The van der Waals surface area contributed by atoms with Crippen LogP contribution in [0.5, 0.6) is 5.75 Å². The van der Waals surface area contributed by atoms with Crippen molar-refractivity contribution < 1.29 is 31.1 Å². The molecule has 0 aliphatic rings. The normalized spacial score (nSPS) is 12.7. The van der Waals surface area contributed by atoms with Crippen LogP contribution in [0.25, 0.3) is 0 Å². The fraction of sp³-hybridized carbons (Fsp3) is 0.296. The number of rotatable bonds is 10. The van der Waals surface area contributed by atoms with Crippen molar-refractivity contribution >= 4 is 33.2 Å². The third-order valence-corrected chi connectivity index (χ3v) is 7.84. The van der Waals surface area contributed by atoms with Crippen LogP contribution in [-0.2, 0) is 21.0 Å². The first-order chi connectivity index (χ1) is 17.8. The maximum absolute atomic E-state index is 13.6. The van der Waals surface area contributed by atoms with E-state index in [0.29, 0.717) is 22.5 Å². The van der Waals surface area contributed by atoms with Gasteiger partial charge in [-0.1, -0.05) is 55.8 Å². The molecule has 11 heteroatoms. The minimum atomic E-state index is -4.83. The van der Waals surface area contributed by atoms with Gasteiger partial charge in [0, 0.05) is 0 Å². The topological polar surface area (TPSA) is 75.7 Å². The molecule has 0 saturated carbocycles. The average molecular weight is 569 g/mol. The van der Waals surface area contributed by atoms with Gasteiger partial charge in [0.15, 0.2) is 0 Å². The van der Waals surface area contributed by atoms with Gasteiger partial charge in [-0.25, -0.2) is 8.42 Å². The van der Waals surface area contributed by atoms with Gasteiger partial charge in [0.05, 0.1) is 34.3 Å². The second-order valence-electron chi connectivity index (χ2n) is 9.01. The maximum Gasteiger partial charge on any atom is 0.417 e. The number of nitrogens with zero attached hydrogens (tertiary/aromatic N) is 1. The highest BCUT2D eigenvalue weighted by atomic mass is 35.5. The van der Waals surface area contributed by atoms with Crippen molar-refractivity contribution in [3.63, 3.8) is 0 Å². The Morgan fingerprint density at radius 2 is 1.66 bits per heavy atom. The van der Waals surface area contributed by atoms with Crippen molar-refractivity contribution in [1.82, 2.24) is 5.32 Å². The molecule has 38 heavy (non-hydrogen) atoms. The molecule has 1 amide bonds. The van der Waals surface area contributed by atoms with Crippen molar-refractivity contribution in [3.05, 3.63) is 88.9 Å². The molecule has 0 bridgehead atoms. The van der Waals surface area contributed by atoms with Crippen LogP contribution in [0.15, 0.2) is 77.7 Å². The highest BCUT2D eigenvalue weighted by Gasteiger charge is 2.35. The Morgan fingerprint density at radius 1 is 1.03 bits per heavy atom. The molecule has 3 aromatic carbocycles. The van der Waals surface area contributed by atoms with Crippen molar-refractivity contribution in [2.45, 2.75) is 37.4 Å². The monoisotopic (exact) mass is 568 g/mol. The van der Waals surface area contributed by atoms with Crippen molar-refractivity contribution in [2.24, 2.45) is 5.92 Å².